The number of nitrogens with zero attached hydrogens (tertiary/aromatic N) is 2. The molecule has 126 valence electrons. The number of pyridine rings is 1. The first kappa shape index (κ1) is 17.1. The van der Waals surface area contributed by atoms with Crippen LogP contribution < -0.4 is 10.2 Å². The molecule has 1 saturated heterocycles. The normalized spacial score (nSPS) is 15.0. The summed E-state index contributed by atoms with van der Waals surface area (Å²) >= 11 is 12.0. The molecule has 0 unspecified atom stereocenters. The van der Waals surface area contributed by atoms with Crippen LogP contribution in [0, 0.1) is 0 Å². The number of aromatic nitrogens is 1. The van der Waals surface area contributed by atoms with E-state index in [1.807, 2.05) is 6.07 Å². The molecule has 2 aromatic rings. The third kappa shape index (κ3) is 4.19. The molecule has 1 N–H and O–H groups in total. The monoisotopic (exact) mass is 363 g/mol. The number of hydrogen-bond donors (Lipinski definition) is 1. The van der Waals surface area contributed by atoms with Crippen molar-refractivity contribution < 1.29 is 4.79 Å². The van der Waals surface area contributed by atoms with Crippen molar-refractivity contribution in [2.24, 2.45) is 0 Å². The first-order chi connectivity index (χ1) is 11.6. The van der Waals surface area contributed by atoms with E-state index in [0.717, 1.165) is 18.8 Å². The predicted molar refractivity (Wildman–Crippen MR) is 99.3 cm³/mol. The number of nitrogens with one attached hydrogen (secondary N) is 1. The summed E-state index contributed by atoms with van der Waals surface area (Å²) in [5.74, 6) is -0.304. The van der Waals surface area contributed by atoms with Gasteiger partial charge in [-0.1, -0.05) is 36.0 Å². The molecule has 0 bridgehead atoms. The largest absolute Gasteiger partial charge is 0.370 e. The highest BCUT2D eigenvalue weighted by molar-refractivity contribution is 6.35. The second-order valence-electron chi connectivity index (χ2n) is 5.88. The van der Waals surface area contributed by atoms with Crippen LogP contribution in [0.2, 0.25) is 10.0 Å². The van der Waals surface area contributed by atoms with Crippen molar-refractivity contribution in [1.29, 1.82) is 0 Å². The summed E-state index contributed by atoms with van der Waals surface area (Å²) in [6.45, 7) is 2.09. The van der Waals surface area contributed by atoms with Crippen molar-refractivity contribution in [2.75, 3.05) is 23.3 Å². The lowest BCUT2D eigenvalue weighted by Crippen LogP contribution is -2.24. The predicted octanol–water partition coefficient (Wildman–Crippen LogP) is 5.02. The smallest absolute Gasteiger partial charge is 0.274 e. The average Bonchev–Trinajstić information content (AvgIpc) is 2.87. The number of carbonyl (C=O) groups excluding carboxylic acids is 1. The van der Waals surface area contributed by atoms with Gasteiger partial charge in [0.05, 0.1) is 22.6 Å². The number of benzene rings is 1. The fourth-order valence-corrected chi connectivity index (χ4v) is 3.15. The molecule has 1 amide bonds. The van der Waals surface area contributed by atoms with Crippen LogP contribution in [0.3, 0.4) is 0 Å². The number of amides is 1. The van der Waals surface area contributed by atoms with Crippen molar-refractivity contribution >= 4 is 40.5 Å². The van der Waals surface area contributed by atoms with E-state index in [1.54, 1.807) is 30.5 Å². The van der Waals surface area contributed by atoms with Crippen molar-refractivity contribution in [3.8, 4) is 0 Å². The summed E-state index contributed by atoms with van der Waals surface area (Å²) < 4.78 is 0. The molecule has 0 atom stereocenters. The van der Waals surface area contributed by atoms with Crippen LogP contribution in [0.5, 0.6) is 0 Å². The molecule has 1 aromatic carbocycles. The molecule has 0 spiro atoms. The number of carbonyl (C=O) groups is 1. The summed E-state index contributed by atoms with van der Waals surface area (Å²) in [5, 5.41) is 3.70. The summed E-state index contributed by atoms with van der Waals surface area (Å²) in [7, 11) is 0. The molecule has 2 heterocycles. The van der Waals surface area contributed by atoms with E-state index in [0.29, 0.717) is 21.4 Å². The highest BCUT2D eigenvalue weighted by atomic mass is 35.5. The second kappa shape index (κ2) is 7.86. The van der Waals surface area contributed by atoms with Gasteiger partial charge in [0.2, 0.25) is 0 Å². The Morgan fingerprint density at radius 3 is 2.46 bits per heavy atom. The lowest BCUT2D eigenvalue weighted by Gasteiger charge is -2.22. The average molecular weight is 364 g/mol. The molecule has 1 fully saturated rings. The summed E-state index contributed by atoms with van der Waals surface area (Å²) in [5.41, 5.74) is 1.89. The van der Waals surface area contributed by atoms with Gasteiger partial charge in [-0.15, -0.1) is 0 Å². The van der Waals surface area contributed by atoms with Crippen molar-refractivity contribution in [1.82, 2.24) is 4.98 Å². The van der Waals surface area contributed by atoms with Gasteiger partial charge >= 0.3 is 0 Å². The maximum absolute atomic E-state index is 12.3. The molecule has 24 heavy (non-hydrogen) atoms. The number of hydrogen-bond acceptors (Lipinski definition) is 3. The van der Waals surface area contributed by atoms with Gasteiger partial charge in [-0.2, -0.15) is 0 Å². The maximum Gasteiger partial charge on any atom is 0.274 e. The summed E-state index contributed by atoms with van der Waals surface area (Å²) in [6.07, 6.45) is 6.74. The van der Waals surface area contributed by atoms with E-state index < -0.39 is 0 Å². The minimum absolute atomic E-state index is 0.304. The Morgan fingerprint density at radius 1 is 1.04 bits per heavy atom. The van der Waals surface area contributed by atoms with E-state index in [1.165, 1.54) is 25.7 Å². The van der Waals surface area contributed by atoms with E-state index in [4.69, 9.17) is 23.2 Å². The Hall–Kier alpha value is -1.78. The molecular formula is C18H19Cl2N3O. The molecule has 6 heteroatoms. The van der Waals surface area contributed by atoms with E-state index in [9.17, 15) is 4.79 Å². The zero-order valence-corrected chi connectivity index (χ0v) is 14.8. The van der Waals surface area contributed by atoms with Crippen molar-refractivity contribution in [3.63, 3.8) is 0 Å². The lowest BCUT2D eigenvalue weighted by molar-refractivity contribution is 0.102. The molecule has 1 aliphatic heterocycles. The van der Waals surface area contributed by atoms with Gasteiger partial charge in [0.15, 0.2) is 0 Å². The van der Waals surface area contributed by atoms with Gasteiger partial charge in [0.1, 0.15) is 5.69 Å². The maximum atomic E-state index is 12.3. The van der Waals surface area contributed by atoms with E-state index in [2.05, 4.69) is 15.2 Å². The van der Waals surface area contributed by atoms with Gasteiger partial charge in [-0.25, -0.2) is 4.98 Å². The molecular weight excluding hydrogens is 345 g/mol. The van der Waals surface area contributed by atoms with Gasteiger partial charge in [0.25, 0.3) is 5.91 Å². The molecule has 0 aliphatic carbocycles. The highest BCUT2D eigenvalue weighted by Gasteiger charge is 2.13. The van der Waals surface area contributed by atoms with Crippen LogP contribution in [0.15, 0.2) is 36.5 Å². The first-order valence-corrected chi connectivity index (χ1v) is 8.86. The Kier molecular flexibility index (Phi) is 5.59. The number of anilines is 2. The van der Waals surface area contributed by atoms with E-state index in [-0.39, 0.29) is 5.91 Å². The minimum Gasteiger partial charge on any atom is -0.370 e. The first-order valence-electron chi connectivity index (χ1n) is 8.11. The van der Waals surface area contributed by atoms with Crippen LogP contribution in [0.1, 0.15) is 36.2 Å². The molecule has 4 nitrogen and oxygen atoms in total. The van der Waals surface area contributed by atoms with Crippen molar-refractivity contribution in [3.05, 3.63) is 52.3 Å². The SMILES string of the molecule is O=C(Nc1cc(Cl)ccc1Cl)c1ccc(N2CCCCCC2)cn1. The zero-order chi connectivity index (χ0) is 16.9. The van der Waals surface area contributed by atoms with Crippen LogP contribution in [0.4, 0.5) is 11.4 Å². The number of rotatable bonds is 3. The summed E-state index contributed by atoms with van der Waals surface area (Å²) in [6, 6.07) is 8.64. The van der Waals surface area contributed by atoms with Crippen LogP contribution in [-0.2, 0) is 0 Å². The van der Waals surface area contributed by atoms with Gasteiger partial charge in [0, 0.05) is 18.1 Å². The molecule has 3 rings (SSSR count). The third-order valence-electron chi connectivity index (χ3n) is 4.13. The minimum atomic E-state index is -0.304. The van der Waals surface area contributed by atoms with Crippen molar-refractivity contribution in [2.45, 2.75) is 25.7 Å². The van der Waals surface area contributed by atoms with E-state index >= 15 is 0 Å². The second-order valence-corrected chi connectivity index (χ2v) is 6.72. The number of halogens is 2. The Labute approximate surface area is 151 Å². The zero-order valence-electron chi connectivity index (χ0n) is 13.3. The van der Waals surface area contributed by atoms with Gasteiger partial charge in [-0.05, 0) is 43.2 Å². The fraction of sp³-hybridized carbons (Fsp3) is 0.333. The van der Waals surface area contributed by atoms with Crippen LogP contribution >= 0.6 is 23.2 Å². The van der Waals surface area contributed by atoms with Crippen LogP contribution in [0.25, 0.3) is 0 Å². The lowest BCUT2D eigenvalue weighted by atomic mass is 10.2. The molecule has 1 aliphatic rings. The Bertz CT molecular complexity index is 711. The molecule has 0 radical (unpaired) electrons. The van der Waals surface area contributed by atoms with Gasteiger partial charge < -0.3 is 10.2 Å². The quantitative estimate of drug-likeness (QED) is 0.832. The Morgan fingerprint density at radius 2 is 1.79 bits per heavy atom. The summed E-state index contributed by atoms with van der Waals surface area (Å²) in [4.78, 5) is 19.0. The topological polar surface area (TPSA) is 45.2 Å². The molecule has 1 aromatic heterocycles. The third-order valence-corrected chi connectivity index (χ3v) is 4.69. The van der Waals surface area contributed by atoms with Gasteiger partial charge in [-0.3, -0.25) is 4.79 Å². The van der Waals surface area contributed by atoms with Crippen LogP contribution in [-0.4, -0.2) is 24.0 Å². The molecule has 0 saturated carbocycles. The highest BCUT2D eigenvalue weighted by Crippen LogP contribution is 2.26. The Balaban J connectivity index is 1.70. The standard InChI is InChI=1S/C18H19Cl2N3O/c19-13-5-7-15(20)17(11-13)22-18(24)16-8-6-14(12-21-16)23-9-3-1-2-4-10-23/h5-8,11-12H,1-4,9-10H2,(H,22,24). The fourth-order valence-electron chi connectivity index (χ4n) is 2.82.